The lowest BCUT2D eigenvalue weighted by molar-refractivity contribution is -0.141. The predicted octanol–water partition coefficient (Wildman–Crippen LogP) is 1.99. The third kappa shape index (κ3) is 5.97. The molecule has 0 saturated carbocycles. The zero-order chi connectivity index (χ0) is 25.8. The number of hydrogen-bond donors (Lipinski definition) is 2. The molecule has 0 spiro atoms. The lowest BCUT2D eigenvalue weighted by Gasteiger charge is -2.28. The van der Waals surface area contributed by atoms with E-state index < -0.39 is 53.9 Å². The molecule has 2 aromatic rings. The van der Waals surface area contributed by atoms with Gasteiger partial charge in [-0.1, -0.05) is 36.4 Å². The zero-order valence-corrected chi connectivity index (χ0v) is 18.8. The van der Waals surface area contributed by atoms with Crippen LogP contribution in [-0.4, -0.2) is 47.6 Å². The van der Waals surface area contributed by atoms with Crippen LogP contribution in [0.4, 0.5) is 13.2 Å². The van der Waals surface area contributed by atoms with Gasteiger partial charge in [0, 0.05) is 18.4 Å². The van der Waals surface area contributed by atoms with Gasteiger partial charge in [-0.3, -0.25) is 19.2 Å². The molecule has 2 unspecified atom stereocenters. The highest BCUT2D eigenvalue weighted by molar-refractivity contribution is 6.38. The molecule has 11 heteroatoms. The molecular formula is C24H24F3N3O5. The van der Waals surface area contributed by atoms with Crippen LogP contribution in [0.2, 0.25) is 0 Å². The molecule has 35 heavy (non-hydrogen) atoms. The van der Waals surface area contributed by atoms with E-state index in [4.69, 9.17) is 10.5 Å². The second kappa shape index (κ2) is 10.6. The first-order valence-corrected chi connectivity index (χ1v) is 10.7. The maximum absolute atomic E-state index is 13.6. The Bertz CT molecular complexity index is 1120. The quantitative estimate of drug-likeness (QED) is 0.520. The Balaban J connectivity index is 1.86. The number of hydrogen-bond acceptors (Lipinski definition) is 5. The molecule has 0 aromatic heterocycles. The number of ether oxygens (including phenoxy) is 1. The summed E-state index contributed by atoms with van der Waals surface area (Å²) in [5.41, 5.74) is 4.51. The second-order valence-corrected chi connectivity index (χ2v) is 8.04. The van der Waals surface area contributed by atoms with Gasteiger partial charge >= 0.3 is 6.18 Å². The van der Waals surface area contributed by atoms with Crippen LogP contribution < -0.4 is 15.8 Å². The van der Waals surface area contributed by atoms with Gasteiger partial charge in [-0.25, -0.2) is 0 Å². The number of ketones is 1. The zero-order valence-electron chi connectivity index (χ0n) is 18.8. The van der Waals surface area contributed by atoms with E-state index in [1.165, 1.54) is 19.2 Å². The minimum atomic E-state index is -4.71. The number of nitrogens with zero attached hydrogens (tertiary/aromatic N) is 1. The SMILES string of the molecule is COc1cccc(C(F)(F)F)c1CN1C(=O)CCC1C(=O)NC(Cc1ccccc1)C(=O)C(N)=O. The number of carbonyl (C=O) groups is 4. The standard InChI is InChI=1S/C24H24F3N3O5/c1-35-19-9-5-8-16(24(25,26)27)15(19)13-30-18(10-11-20(30)31)23(34)29-17(21(32)22(28)33)12-14-6-3-2-4-7-14/h2-9,17-18H,10-13H2,1H3,(H2,28,33)(H,29,34). The van der Waals surface area contributed by atoms with Crippen LogP contribution in [0.1, 0.15) is 29.5 Å². The summed E-state index contributed by atoms with van der Waals surface area (Å²) in [5, 5.41) is 2.46. The number of primary amides is 1. The molecule has 3 amide bonds. The topological polar surface area (TPSA) is 119 Å². The summed E-state index contributed by atoms with van der Waals surface area (Å²) < 4.78 is 45.9. The van der Waals surface area contributed by atoms with Crippen molar-refractivity contribution in [3.05, 3.63) is 65.2 Å². The van der Waals surface area contributed by atoms with Gasteiger partial charge in [0.15, 0.2) is 0 Å². The van der Waals surface area contributed by atoms with Crippen molar-refractivity contribution in [1.29, 1.82) is 0 Å². The lowest BCUT2D eigenvalue weighted by Crippen LogP contribution is -2.53. The van der Waals surface area contributed by atoms with Crippen LogP contribution in [0.25, 0.3) is 0 Å². The number of methoxy groups -OCH3 is 1. The number of nitrogens with two attached hydrogens (primary N) is 1. The Kier molecular flexibility index (Phi) is 7.78. The van der Waals surface area contributed by atoms with Gasteiger partial charge in [0.2, 0.25) is 17.6 Å². The summed E-state index contributed by atoms with van der Waals surface area (Å²) in [6, 6.07) is 9.52. The average Bonchev–Trinajstić information content (AvgIpc) is 3.18. The molecule has 1 aliphatic rings. The number of likely N-dealkylation sites (tertiary alicyclic amines) is 1. The first-order valence-electron chi connectivity index (χ1n) is 10.7. The van der Waals surface area contributed by atoms with E-state index in [1.54, 1.807) is 30.3 Å². The van der Waals surface area contributed by atoms with Crippen LogP contribution in [0.3, 0.4) is 0 Å². The van der Waals surface area contributed by atoms with E-state index in [9.17, 15) is 32.3 Å². The van der Waals surface area contributed by atoms with Crippen molar-refractivity contribution < 1.29 is 37.1 Å². The number of rotatable bonds is 9. The normalized spacial score (nSPS) is 16.6. The molecule has 1 saturated heterocycles. The van der Waals surface area contributed by atoms with E-state index in [0.29, 0.717) is 5.56 Å². The van der Waals surface area contributed by atoms with Gasteiger partial charge in [-0.15, -0.1) is 0 Å². The summed E-state index contributed by atoms with van der Waals surface area (Å²) in [7, 11) is 1.21. The van der Waals surface area contributed by atoms with E-state index >= 15 is 0 Å². The fraction of sp³-hybridized carbons (Fsp3) is 0.333. The van der Waals surface area contributed by atoms with Gasteiger partial charge < -0.3 is 20.7 Å². The molecule has 2 aromatic carbocycles. The summed E-state index contributed by atoms with van der Waals surface area (Å²) in [6.07, 6.45) is -4.77. The molecule has 2 atom stereocenters. The summed E-state index contributed by atoms with van der Waals surface area (Å²) in [6.45, 7) is -0.525. The van der Waals surface area contributed by atoms with Crippen molar-refractivity contribution >= 4 is 23.5 Å². The maximum atomic E-state index is 13.6. The molecule has 1 aliphatic heterocycles. The van der Waals surface area contributed by atoms with Crippen LogP contribution in [0, 0.1) is 0 Å². The Hall–Kier alpha value is -3.89. The van der Waals surface area contributed by atoms with E-state index in [1.807, 2.05) is 0 Å². The van der Waals surface area contributed by atoms with Crippen molar-refractivity contribution in [2.24, 2.45) is 5.73 Å². The Morgan fingerprint density at radius 1 is 1.14 bits per heavy atom. The molecule has 186 valence electrons. The third-order valence-electron chi connectivity index (χ3n) is 5.78. The lowest BCUT2D eigenvalue weighted by atomic mass is 10.0. The first-order chi connectivity index (χ1) is 16.5. The minimum absolute atomic E-state index is 0.0280. The monoisotopic (exact) mass is 491 g/mol. The number of Topliss-reactive ketones (excluding diaryl/α,β-unsaturated/α-hetero) is 1. The maximum Gasteiger partial charge on any atom is 0.416 e. The Morgan fingerprint density at radius 3 is 2.43 bits per heavy atom. The van der Waals surface area contributed by atoms with Crippen molar-refractivity contribution in [2.75, 3.05) is 7.11 Å². The fourth-order valence-corrected chi connectivity index (χ4v) is 4.06. The van der Waals surface area contributed by atoms with Crippen LogP contribution in [0.5, 0.6) is 5.75 Å². The number of alkyl halides is 3. The third-order valence-corrected chi connectivity index (χ3v) is 5.78. The van der Waals surface area contributed by atoms with Gasteiger partial charge in [0.1, 0.15) is 17.8 Å². The molecule has 0 aliphatic carbocycles. The molecule has 8 nitrogen and oxygen atoms in total. The Morgan fingerprint density at radius 2 is 1.83 bits per heavy atom. The molecule has 3 rings (SSSR count). The molecule has 3 N–H and O–H groups in total. The van der Waals surface area contributed by atoms with Gasteiger partial charge in [-0.2, -0.15) is 13.2 Å². The number of amides is 3. The number of carbonyl (C=O) groups excluding carboxylic acids is 4. The van der Waals surface area contributed by atoms with Crippen LogP contribution in [0.15, 0.2) is 48.5 Å². The molecular weight excluding hydrogens is 467 g/mol. The number of halogens is 3. The second-order valence-electron chi connectivity index (χ2n) is 8.04. The summed E-state index contributed by atoms with van der Waals surface area (Å²) in [4.78, 5) is 50.6. The fourth-order valence-electron chi connectivity index (χ4n) is 4.06. The van der Waals surface area contributed by atoms with Crippen LogP contribution >= 0.6 is 0 Å². The molecule has 1 fully saturated rings. The summed E-state index contributed by atoms with van der Waals surface area (Å²) in [5.74, 6) is -3.64. The molecule has 0 radical (unpaired) electrons. The van der Waals surface area contributed by atoms with Gasteiger partial charge in [-0.05, 0) is 24.1 Å². The number of nitrogens with one attached hydrogen (secondary N) is 1. The van der Waals surface area contributed by atoms with E-state index in [0.717, 1.165) is 11.0 Å². The van der Waals surface area contributed by atoms with Crippen molar-refractivity contribution in [3.8, 4) is 5.75 Å². The highest BCUT2D eigenvalue weighted by atomic mass is 19.4. The Labute approximate surface area is 199 Å². The van der Waals surface area contributed by atoms with E-state index in [2.05, 4.69) is 5.32 Å². The predicted molar refractivity (Wildman–Crippen MR) is 118 cm³/mol. The highest BCUT2D eigenvalue weighted by Gasteiger charge is 2.41. The number of benzene rings is 2. The largest absolute Gasteiger partial charge is 0.496 e. The molecule has 1 heterocycles. The average molecular weight is 491 g/mol. The van der Waals surface area contributed by atoms with E-state index in [-0.39, 0.29) is 30.6 Å². The molecule has 0 bridgehead atoms. The van der Waals surface area contributed by atoms with Crippen molar-refractivity contribution in [2.45, 2.75) is 44.1 Å². The van der Waals surface area contributed by atoms with Gasteiger partial charge in [0.25, 0.3) is 5.91 Å². The highest BCUT2D eigenvalue weighted by Crippen LogP contribution is 2.37. The van der Waals surface area contributed by atoms with Crippen LogP contribution in [-0.2, 0) is 38.3 Å². The van der Waals surface area contributed by atoms with Crippen molar-refractivity contribution in [3.63, 3.8) is 0 Å². The summed E-state index contributed by atoms with van der Waals surface area (Å²) >= 11 is 0. The van der Waals surface area contributed by atoms with Gasteiger partial charge in [0.05, 0.1) is 19.2 Å². The minimum Gasteiger partial charge on any atom is -0.496 e. The first kappa shape index (κ1) is 25.7. The van der Waals surface area contributed by atoms with Crippen molar-refractivity contribution in [1.82, 2.24) is 10.2 Å². The smallest absolute Gasteiger partial charge is 0.416 e.